The molecule has 2 aromatic carbocycles. The summed E-state index contributed by atoms with van der Waals surface area (Å²) in [7, 11) is 0. The van der Waals surface area contributed by atoms with E-state index in [4.69, 9.17) is 5.73 Å². The molecule has 0 atom stereocenters. The largest absolute Gasteiger partial charge is 0.398 e. The van der Waals surface area contributed by atoms with E-state index in [0.29, 0.717) is 11.3 Å². The number of hydrogen-bond acceptors (Lipinski definition) is 3. The first-order valence-electron chi connectivity index (χ1n) is 7.02. The lowest BCUT2D eigenvalue weighted by molar-refractivity contribution is 0.0991. The van der Waals surface area contributed by atoms with Gasteiger partial charge in [-0.25, -0.2) is 4.98 Å². The number of nitrogen functional groups attached to an aromatic ring is 1. The molecule has 0 radical (unpaired) electrons. The van der Waals surface area contributed by atoms with E-state index in [1.165, 1.54) is 0 Å². The topological polar surface area (TPSA) is 60.9 Å². The van der Waals surface area contributed by atoms with E-state index in [2.05, 4.69) is 16.5 Å². The number of carbonyl (C=O) groups excluding carboxylic acids is 1. The highest BCUT2D eigenvalue weighted by atomic mass is 16.1. The number of Topliss-reactive ketones (excluding diaryl/α,β-unsaturated/α-hetero) is 1. The fourth-order valence-electron chi connectivity index (χ4n) is 2.60. The van der Waals surface area contributed by atoms with Crippen LogP contribution in [0.2, 0.25) is 0 Å². The van der Waals surface area contributed by atoms with Gasteiger partial charge in [0.05, 0.1) is 17.5 Å². The Kier molecular flexibility index (Phi) is 3.44. The Balaban J connectivity index is 1.98. The zero-order valence-electron chi connectivity index (χ0n) is 11.9. The number of rotatable bonds is 4. The molecule has 0 spiro atoms. The van der Waals surface area contributed by atoms with Crippen LogP contribution in [0.5, 0.6) is 0 Å². The minimum atomic E-state index is -0.00175. The van der Waals surface area contributed by atoms with Gasteiger partial charge in [0, 0.05) is 17.8 Å². The maximum absolute atomic E-state index is 12.4. The summed E-state index contributed by atoms with van der Waals surface area (Å²) in [5.41, 5.74) is 8.93. The van der Waals surface area contributed by atoms with Crippen molar-refractivity contribution in [1.82, 2.24) is 9.55 Å². The number of aromatic nitrogens is 2. The molecule has 106 valence electrons. The molecule has 0 saturated heterocycles. The van der Waals surface area contributed by atoms with Crippen LogP contribution in [0.1, 0.15) is 23.1 Å². The molecular formula is C17H17N3O. The molecule has 0 fully saturated rings. The highest BCUT2D eigenvalue weighted by Crippen LogP contribution is 2.19. The lowest BCUT2D eigenvalue weighted by Crippen LogP contribution is -2.11. The monoisotopic (exact) mass is 279 g/mol. The second-order valence-corrected chi connectivity index (χ2v) is 4.95. The molecule has 2 N–H and O–H groups in total. The normalized spacial score (nSPS) is 10.9. The van der Waals surface area contributed by atoms with Crippen LogP contribution in [-0.4, -0.2) is 15.3 Å². The quantitative estimate of drug-likeness (QED) is 0.589. The van der Waals surface area contributed by atoms with Crippen molar-refractivity contribution in [3.8, 4) is 0 Å². The number of aryl methyl sites for hydroxylation is 1. The van der Waals surface area contributed by atoms with E-state index in [1.807, 2.05) is 36.4 Å². The number of carbonyl (C=O) groups is 1. The van der Waals surface area contributed by atoms with E-state index in [9.17, 15) is 4.79 Å². The van der Waals surface area contributed by atoms with E-state index < -0.39 is 0 Å². The maximum Gasteiger partial charge on any atom is 0.172 e. The first-order valence-corrected chi connectivity index (χ1v) is 7.02. The fourth-order valence-corrected chi connectivity index (χ4v) is 2.60. The first-order chi connectivity index (χ1) is 10.2. The van der Waals surface area contributed by atoms with Crippen LogP contribution >= 0.6 is 0 Å². The molecule has 3 aromatic rings. The smallest absolute Gasteiger partial charge is 0.172 e. The van der Waals surface area contributed by atoms with Gasteiger partial charge in [0.2, 0.25) is 0 Å². The minimum Gasteiger partial charge on any atom is -0.398 e. The van der Waals surface area contributed by atoms with Gasteiger partial charge in [-0.15, -0.1) is 0 Å². The Morgan fingerprint density at radius 3 is 2.62 bits per heavy atom. The number of imidazole rings is 1. The number of para-hydroxylation sites is 3. The van der Waals surface area contributed by atoms with Crippen LogP contribution in [0.15, 0.2) is 48.5 Å². The average molecular weight is 279 g/mol. The number of benzene rings is 2. The van der Waals surface area contributed by atoms with Crippen LogP contribution in [0.3, 0.4) is 0 Å². The number of anilines is 1. The Labute approximate surface area is 123 Å². The Morgan fingerprint density at radius 2 is 1.86 bits per heavy atom. The molecule has 0 unspecified atom stereocenters. The van der Waals surface area contributed by atoms with E-state index in [0.717, 1.165) is 23.4 Å². The third kappa shape index (κ3) is 2.40. The summed E-state index contributed by atoms with van der Waals surface area (Å²) < 4.78 is 2.08. The van der Waals surface area contributed by atoms with Gasteiger partial charge < -0.3 is 10.3 Å². The van der Waals surface area contributed by atoms with Gasteiger partial charge in [-0.1, -0.05) is 24.3 Å². The highest BCUT2D eigenvalue weighted by Gasteiger charge is 2.15. The lowest BCUT2D eigenvalue weighted by Gasteiger charge is -2.07. The zero-order valence-corrected chi connectivity index (χ0v) is 11.9. The Bertz CT molecular complexity index is 805. The molecule has 21 heavy (non-hydrogen) atoms. The van der Waals surface area contributed by atoms with Gasteiger partial charge in [0.25, 0.3) is 0 Å². The number of hydrogen-bond donors (Lipinski definition) is 1. The summed E-state index contributed by atoms with van der Waals surface area (Å²) in [5, 5.41) is 0. The SMILES string of the molecule is CCn1c(CC(=O)c2ccccc2N)nc2ccccc21. The fraction of sp³-hybridized carbons (Fsp3) is 0.176. The van der Waals surface area contributed by atoms with Crippen molar-refractivity contribution < 1.29 is 4.79 Å². The number of fused-ring (bicyclic) bond motifs is 1. The summed E-state index contributed by atoms with van der Waals surface area (Å²) >= 11 is 0. The van der Waals surface area contributed by atoms with Gasteiger partial charge >= 0.3 is 0 Å². The summed E-state index contributed by atoms with van der Waals surface area (Å²) in [5.74, 6) is 0.782. The first kappa shape index (κ1) is 13.4. The Morgan fingerprint density at radius 1 is 1.14 bits per heavy atom. The predicted octanol–water partition coefficient (Wildman–Crippen LogP) is 3.06. The van der Waals surface area contributed by atoms with Gasteiger partial charge in [-0.3, -0.25) is 4.79 Å². The second-order valence-electron chi connectivity index (χ2n) is 4.95. The van der Waals surface area contributed by atoms with Crippen molar-refractivity contribution in [3.63, 3.8) is 0 Å². The van der Waals surface area contributed by atoms with Gasteiger partial charge in [0.1, 0.15) is 5.82 Å². The molecule has 0 aliphatic heterocycles. The van der Waals surface area contributed by atoms with Gasteiger partial charge in [-0.2, -0.15) is 0 Å². The molecule has 0 aliphatic rings. The molecule has 4 nitrogen and oxygen atoms in total. The van der Waals surface area contributed by atoms with E-state index >= 15 is 0 Å². The third-order valence-corrected chi connectivity index (χ3v) is 3.63. The molecule has 0 saturated carbocycles. The van der Waals surface area contributed by atoms with Crippen molar-refractivity contribution >= 4 is 22.5 Å². The second kappa shape index (κ2) is 5.40. The summed E-state index contributed by atoms with van der Waals surface area (Å²) in [6, 6.07) is 15.1. The molecule has 1 heterocycles. The highest BCUT2D eigenvalue weighted by molar-refractivity contribution is 6.01. The van der Waals surface area contributed by atoms with Gasteiger partial charge in [0.15, 0.2) is 5.78 Å². The summed E-state index contributed by atoms with van der Waals surface area (Å²) in [6.07, 6.45) is 0.261. The standard InChI is InChI=1S/C17H17N3O/c1-2-20-15-10-6-5-9-14(15)19-17(20)11-16(21)12-7-3-4-8-13(12)18/h3-10H,2,11,18H2,1H3. The van der Waals surface area contributed by atoms with Gasteiger partial charge in [-0.05, 0) is 31.2 Å². The van der Waals surface area contributed by atoms with Crippen molar-refractivity contribution in [1.29, 1.82) is 0 Å². The third-order valence-electron chi connectivity index (χ3n) is 3.63. The maximum atomic E-state index is 12.4. The van der Waals surface area contributed by atoms with Crippen molar-refractivity contribution in [2.75, 3.05) is 5.73 Å². The molecule has 0 aliphatic carbocycles. The zero-order chi connectivity index (χ0) is 14.8. The van der Waals surface area contributed by atoms with Crippen LogP contribution in [0.4, 0.5) is 5.69 Å². The Hall–Kier alpha value is -2.62. The number of nitrogens with zero attached hydrogens (tertiary/aromatic N) is 2. The molecule has 0 bridgehead atoms. The lowest BCUT2D eigenvalue weighted by atomic mass is 10.1. The molecule has 3 rings (SSSR count). The average Bonchev–Trinajstić information content (AvgIpc) is 2.84. The van der Waals surface area contributed by atoms with Crippen LogP contribution in [-0.2, 0) is 13.0 Å². The van der Waals surface area contributed by atoms with Crippen LogP contribution in [0, 0.1) is 0 Å². The molecule has 4 heteroatoms. The van der Waals surface area contributed by atoms with Crippen LogP contribution < -0.4 is 5.73 Å². The summed E-state index contributed by atoms with van der Waals surface area (Å²) in [6.45, 7) is 2.84. The van der Waals surface area contributed by atoms with E-state index in [1.54, 1.807) is 12.1 Å². The van der Waals surface area contributed by atoms with Crippen LogP contribution in [0.25, 0.3) is 11.0 Å². The summed E-state index contributed by atoms with van der Waals surface area (Å²) in [4.78, 5) is 17.0. The van der Waals surface area contributed by atoms with Crippen molar-refractivity contribution in [2.45, 2.75) is 19.9 Å². The number of ketones is 1. The van der Waals surface area contributed by atoms with Crippen molar-refractivity contribution in [2.24, 2.45) is 0 Å². The molecule has 1 aromatic heterocycles. The molecule has 0 amide bonds. The van der Waals surface area contributed by atoms with E-state index in [-0.39, 0.29) is 12.2 Å². The number of nitrogens with two attached hydrogens (primary N) is 1. The molecular weight excluding hydrogens is 262 g/mol. The van der Waals surface area contributed by atoms with Crippen molar-refractivity contribution in [3.05, 3.63) is 59.9 Å². The minimum absolute atomic E-state index is 0.00175. The predicted molar refractivity (Wildman–Crippen MR) is 84.3 cm³/mol.